The van der Waals surface area contributed by atoms with Crippen LogP contribution in [0.5, 0.6) is 0 Å². The molecule has 5 nitrogen and oxygen atoms in total. The summed E-state index contributed by atoms with van der Waals surface area (Å²) in [6, 6.07) is 11.0. The Morgan fingerprint density at radius 2 is 2.00 bits per heavy atom. The van der Waals surface area contributed by atoms with Gasteiger partial charge < -0.3 is 9.88 Å². The minimum atomic E-state index is -0.220. The van der Waals surface area contributed by atoms with E-state index in [2.05, 4.69) is 31.2 Å². The lowest BCUT2D eigenvalue weighted by Gasteiger charge is -2.11. The molecule has 1 amide bonds. The standard InChI is InChI=1S/C15H11BrN4O/c16-14-11(4-3-7-18-14)15(21)19-12-5-1-2-6-13(12)20-9-8-17-10-20/h1-10H,(H,19,21). The highest BCUT2D eigenvalue weighted by Gasteiger charge is 2.12. The van der Waals surface area contributed by atoms with Crippen molar-refractivity contribution in [1.29, 1.82) is 0 Å². The monoisotopic (exact) mass is 342 g/mol. The maximum atomic E-state index is 12.4. The Bertz CT molecular complexity index is 771. The molecule has 0 unspecified atom stereocenters. The average Bonchev–Trinajstić information content (AvgIpc) is 3.02. The van der Waals surface area contributed by atoms with Gasteiger partial charge in [-0.3, -0.25) is 4.79 Å². The Labute approximate surface area is 129 Å². The maximum absolute atomic E-state index is 12.4. The van der Waals surface area contributed by atoms with E-state index in [1.165, 1.54) is 0 Å². The molecule has 0 aliphatic heterocycles. The van der Waals surface area contributed by atoms with E-state index in [0.717, 1.165) is 5.69 Å². The Morgan fingerprint density at radius 1 is 1.14 bits per heavy atom. The van der Waals surface area contributed by atoms with Gasteiger partial charge in [0.1, 0.15) is 4.60 Å². The molecule has 0 aliphatic rings. The fourth-order valence-electron chi connectivity index (χ4n) is 1.95. The van der Waals surface area contributed by atoms with Crippen LogP contribution in [0.25, 0.3) is 5.69 Å². The molecule has 104 valence electrons. The number of hydrogen-bond acceptors (Lipinski definition) is 3. The molecular weight excluding hydrogens is 332 g/mol. The van der Waals surface area contributed by atoms with Crippen LogP contribution < -0.4 is 5.32 Å². The minimum absolute atomic E-state index is 0.220. The molecule has 21 heavy (non-hydrogen) atoms. The van der Waals surface area contributed by atoms with Crippen LogP contribution in [0.3, 0.4) is 0 Å². The molecule has 0 atom stereocenters. The van der Waals surface area contributed by atoms with Crippen molar-refractivity contribution in [2.75, 3.05) is 5.32 Å². The Balaban J connectivity index is 1.93. The van der Waals surface area contributed by atoms with Gasteiger partial charge in [0, 0.05) is 18.6 Å². The molecule has 0 saturated carbocycles. The van der Waals surface area contributed by atoms with E-state index in [1.807, 2.05) is 35.0 Å². The van der Waals surface area contributed by atoms with Gasteiger partial charge >= 0.3 is 0 Å². The molecule has 0 saturated heterocycles. The third-order valence-corrected chi connectivity index (χ3v) is 3.57. The third kappa shape index (κ3) is 2.85. The first-order valence-corrected chi connectivity index (χ1v) is 7.04. The molecule has 3 aromatic rings. The number of carbonyl (C=O) groups excluding carboxylic acids is 1. The Morgan fingerprint density at radius 3 is 2.76 bits per heavy atom. The molecule has 3 rings (SSSR count). The van der Waals surface area contributed by atoms with Gasteiger partial charge in [0.25, 0.3) is 5.91 Å². The van der Waals surface area contributed by atoms with E-state index in [-0.39, 0.29) is 5.91 Å². The number of imidazole rings is 1. The molecule has 0 fully saturated rings. The molecule has 1 N–H and O–H groups in total. The lowest BCUT2D eigenvalue weighted by Crippen LogP contribution is -2.14. The summed E-state index contributed by atoms with van der Waals surface area (Å²) in [6.45, 7) is 0. The van der Waals surface area contributed by atoms with Crippen molar-refractivity contribution < 1.29 is 4.79 Å². The maximum Gasteiger partial charge on any atom is 0.258 e. The summed E-state index contributed by atoms with van der Waals surface area (Å²) in [5.41, 5.74) is 2.04. The molecule has 6 heteroatoms. The second-order valence-electron chi connectivity index (χ2n) is 4.28. The van der Waals surface area contributed by atoms with E-state index in [9.17, 15) is 4.79 Å². The van der Waals surface area contributed by atoms with Crippen molar-refractivity contribution in [1.82, 2.24) is 14.5 Å². The van der Waals surface area contributed by atoms with Gasteiger partial charge in [0.2, 0.25) is 0 Å². The number of hydrogen-bond donors (Lipinski definition) is 1. The van der Waals surface area contributed by atoms with Gasteiger partial charge in [-0.25, -0.2) is 9.97 Å². The zero-order valence-corrected chi connectivity index (χ0v) is 12.5. The van der Waals surface area contributed by atoms with Crippen LogP contribution in [-0.2, 0) is 0 Å². The van der Waals surface area contributed by atoms with E-state index in [0.29, 0.717) is 15.9 Å². The highest BCUT2D eigenvalue weighted by molar-refractivity contribution is 9.10. The fraction of sp³-hybridized carbons (Fsp3) is 0. The predicted molar refractivity (Wildman–Crippen MR) is 83.5 cm³/mol. The van der Waals surface area contributed by atoms with Crippen LogP contribution in [0.15, 0.2) is 65.9 Å². The number of benzene rings is 1. The van der Waals surface area contributed by atoms with Gasteiger partial charge in [-0.05, 0) is 40.2 Å². The van der Waals surface area contributed by atoms with Gasteiger partial charge in [-0.1, -0.05) is 12.1 Å². The van der Waals surface area contributed by atoms with Crippen LogP contribution in [0.4, 0.5) is 5.69 Å². The lowest BCUT2D eigenvalue weighted by molar-refractivity contribution is 0.102. The largest absolute Gasteiger partial charge is 0.320 e. The van der Waals surface area contributed by atoms with E-state index in [4.69, 9.17) is 0 Å². The summed E-state index contributed by atoms with van der Waals surface area (Å²) < 4.78 is 2.36. The molecule has 0 spiro atoms. The Kier molecular flexibility index (Phi) is 3.79. The number of anilines is 1. The first-order valence-electron chi connectivity index (χ1n) is 6.25. The number of aromatic nitrogens is 3. The zero-order chi connectivity index (χ0) is 14.7. The Hall–Kier alpha value is -2.47. The molecule has 2 aromatic heterocycles. The summed E-state index contributed by atoms with van der Waals surface area (Å²) in [4.78, 5) is 20.4. The summed E-state index contributed by atoms with van der Waals surface area (Å²) in [5.74, 6) is -0.220. The molecule has 2 heterocycles. The lowest BCUT2D eigenvalue weighted by atomic mass is 10.2. The summed E-state index contributed by atoms with van der Waals surface area (Å²) in [6.07, 6.45) is 6.83. The number of rotatable bonds is 3. The van der Waals surface area contributed by atoms with Crippen molar-refractivity contribution in [2.45, 2.75) is 0 Å². The van der Waals surface area contributed by atoms with E-state index in [1.54, 1.807) is 30.9 Å². The number of para-hydroxylation sites is 2. The number of amides is 1. The predicted octanol–water partition coefficient (Wildman–Crippen LogP) is 3.28. The number of nitrogens with zero attached hydrogens (tertiary/aromatic N) is 3. The first kappa shape index (κ1) is 13.5. The van der Waals surface area contributed by atoms with Crippen LogP contribution in [0, 0.1) is 0 Å². The molecular formula is C15H11BrN4O. The van der Waals surface area contributed by atoms with Crippen LogP contribution in [-0.4, -0.2) is 20.4 Å². The topological polar surface area (TPSA) is 59.8 Å². The van der Waals surface area contributed by atoms with Crippen LogP contribution in [0.1, 0.15) is 10.4 Å². The van der Waals surface area contributed by atoms with Gasteiger partial charge in [0.15, 0.2) is 0 Å². The minimum Gasteiger partial charge on any atom is -0.320 e. The second kappa shape index (κ2) is 5.88. The van der Waals surface area contributed by atoms with E-state index < -0.39 is 0 Å². The smallest absolute Gasteiger partial charge is 0.258 e. The van der Waals surface area contributed by atoms with Crippen molar-refractivity contribution >= 4 is 27.5 Å². The van der Waals surface area contributed by atoms with Crippen LogP contribution >= 0.6 is 15.9 Å². The third-order valence-electron chi connectivity index (χ3n) is 2.94. The SMILES string of the molecule is O=C(Nc1ccccc1-n1ccnc1)c1cccnc1Br. The number of carbonyl (C=O) groups is 1. The number of nitrogens with one attached hydrogen (secondary N) is 1. The average molecular weight is 343 g/mol. The molecule has 0 bridgehead atoms. The number of halogens is 1. The number of pyridine rings is 1. The normalized spacial score (nSPS) is 10.3. The van der Waals surface area contributed by atoms with Crippen molar-refractivity contribution in [3.8, 4) is 5.69 Å². The van der Waals surface area contributed by atoms with E-state index >= 15 is 0 Å². The van der Waals surface area contributed by atoms with Crippen molar-refractivity contribution in [3.05, 3.63) is 71.5 Å². The summed E-state index contributed by atoms with van der Waals surface area (Å²) in [7, 11) is 0. The van der Waals surface area contributed by atoms with Gasteiger partial charge in [-0.2, -0.15) is 0 Å². The quantitative estimate of drug-likeness (QED) is 0.743. The molecule has 0 aliphatic carbocycles. The van der Waals surface area contributed by atoms with Crippen LogP contribution in [0.2, 0.25) is 0 Å². The highest BCUT2D eigenvalue weighted by atomic mass is 79.9. The zero-order valence-electron chi connectivity index (χ0n) is 10.9. The summed E-state index contributed by atoms with van der Waals surface area (Å²) >= 11 is 3.28. The van der Waals surface area contributed by atoms with Gasteiger partial charge in [-0.15, -0.1) is 0 Å². The van der Waals surface area contributed by atoms with Crippen molar-refractivity contribution in [3.63, 3.8) is 0 Å². The molecule has 0 radical (unpaired) electrons. The fourth-order valence-corrected chi connectivity index (χ4v) is 2.38. The van der Waals surface area contributed by atoms with Crippen molar-refractivity contribution in [2.24, 2.45) is 0 Å². The summed E-state index contributed by atoms with van der Waals surface area (Å²) in [5, 5.41) is 2.90. The molecule has 1 aromatic carbocycles. The first-order chi connectivity index (χ1) is 10.3. The van der Waals surface area contributed by atoms with Gasteiger partial charge in [0.05, 0.1) is 23.3 Å². The highest BCUT2D eigenvalue weighted by Crippen LogP contribution is 2.21. The second-order valence-corrected chi connectivity index (χ2v) is 5.03.